The molecular formula is C9H8F3N3O. The van der Waals surface area contributed by atoms with E-state index in [-0.39, 0.29) is 12.3 Å². The third-order valence-corrected chi connectivity index (χ3v) is 1.89. The molecule has 0 amide bonds. The zero-order valence-electron chi connectivity index (χ0n) is 8.32. The van der Waals surface area contributed by atoms with Gasteiger partial charge in [-0.2, -0.15) is 13.2 Å². The van der Waals surface area contributed by atoms with Crippen LogP contribution < -0.4 is 4.74 Å². The van der Waals surface area contributed by atoms with Gasteiger partial charge in [0.05, 0.1) is 19.2 Å². The summed E-state index contributed by atoms with van der Waals surface area (Å²) in [6.07, 6.45) is -4.46. The molecular weight excluding hydrogens is 223 g/mol. The first-order valence-electron chi connectivity index (χ1n) is 4.24. The van der Waals surface area contributed by atoms with Crippen LogP contribution in [0.1, 0.15) is 11.1 Å². The van der Waals surface area contributed by atoms with E-state index in [4.69, 9.17) is 5.53 Å². The molecule has 0 heterocycles. The summed E-state index contributed by atoms with van der Waals surface area (Å²) in [7, 11) is 1.15. The summed E-state index contributed by atoms with van der Waals surface area (Å²) in [5.74, 6) is -0.280. The highest BCUT2D eigenvalue weighted by Crippen LogP contribution is 2.36. The first-order valence-corrected chi connectivity index (χ1v) is 4.24. The van der Waals surface area contributed by atoms with Crippen LogP contribution in [0.2, 0.25) is 0 Å². The van der Waals surface area contributed by atoms with Gasteiger partial charge in [-0.1, -0.05) is 11.2 Å². The number of hydrogen-bond donors (Lipinski definition) is 0. The van der Waals surface area contributed by atoms with E-state index in [2.05, 4.69) is 14.8 Å². The van der Waals surface area contributed by atoms with Crippen molar-refractivity contribution in [3.05, 3.63) is 39.8 Å². The smallest absolute Gasteiger partial charge is 0.419 e. The molecule has 0 aliphatic carbocycles. The number of nitrogens with zero attached hydrogens (tertiary/aromatic N) is 3. The molecule has 7 heteroatoms. The van der Waals surface area contributed by atoms with E-state index in [1.807, 2.05) is 0 Å². The van der Waals surface area contributed by atoms with Gasteiger partial charge in [-0.15, -0.1) is 0 Å². The van der Waals surface area contributed by atoms with Gasteiger partial charge in [-0.05, 0) is 23.2 Å². The molecule has 1 rings (SSSR count). The number of benzene rings is 1. The number of hydrogen-bond acceptors (Lipinski definition) is 2. The first-order chi connectivity index (χ1) is 7.49. The Kier molecular flexibility index (Phi) is 3.63. The van der Waals surface area contributed by atoms with Crippen LogP contribution in [-0.2, 0) is 12.7 Å². The number of methoxy groups -OCH3 is 1. The lowest BCUT2D eigenvalue weighted by molar-refractivity contribution is -0.138. The van der Waals surface area contributed by atoms with Gasteiger partial charge in [0, 0.05) is 4.91 Å². The fourth-order valence-electron chi connectivity index (χ4n) is 1.18. The Bertz CT molecular complexity index is 424. The van der Waals surface area contributed by atoms with Crippen LogP contribution in [0, 0.1) is 0 Å². The van der Waals surface area contributed by atoms with E-state index < -0.39 is 11.7 Å². The second kappa shape index (κ2) is 4.76. The van der Waals surface area contributed by atoms with Gasteiger partial charge in [0.25, 0.3) is 0 Å². The maximum Gasteiger partial charge on any atom is 0.419 e. The Morgan fingerprint density at radius 2 is 2.12 bits per heavy atom. The van der Waals surface area contributed by atoms with Crippen LogP contribution in [0.4, 0.5) is 13.2 Å². The summed E-state index contributed by atoms with van der Waals surface area (Å²) in [4.78, 5) is 2.52. The van der Waals surface area contributed by atoms with Crippen LogP contribution in [0.15, 0.2) is 23.3 Å². The lowest BCUT2D eigenvalue weighted by Crippen LogP contribution is -2.07. The van der Waals surface area contributed by atoms with E-state index in [1.54, 1.807) is 0 Å². The maximum absolute atomic E-state index is 12.5. The van der Waals surface area contributed by atoms with E-state index in [9.17, 15) is 13.2 Å². The lowest BCUT2D eigenvalue weighted by atomic mass is 10.1. The van der Waals surface area contributed by atoms with E-state index in [0.717, 1.165) is 13.2 Å². The standard InChI is InChI=1S/C9H8F3N3O/c1-16-8-4-6(5-14-15-13)2-3-7(8)9(10,11)12/h2-4H,5H2,1H3. The fraction of sp³-hybridized carbons (Fsp3) is 0.333. The van der Waals surface area contributed by atoms with Gasteiger partial charge >= 0.3 is 6.18 Å². The van der Waals surface area contributed by atoms with Crippen LogP contribution in [0.3, 0.4) is 0 Å². The number of halogens is 3. The van der Waals surface area contributed by atoms with Gasteiger partial charge in [-0.3, -0.25) is 0 Å². The van der Waals surface area contributed by atoms with Crippen molar-refractivity contribution in [2.75, 3.05) is 7.11 Å². The normalized spacial score (nSPS) is 10.8. The van der Waals surface area contributed by atoms with Crippen molar-refractivity contribution in [2.24, 2.45) is 5.11 Å². The number of azide groups is 1. The minimum absolute atomic E-state index is 0.00893. The second-order valence-corrected chi connectivity index (χ2v) is 2.92. The zero-order valence-corrected chi connectivity index (χ0v) is 8.32. The van der Waals surface area contributed by atoms with Crippen molar-refractivity contribution in [1.29, 1.82) is 0 Å². The third kappa shape index (κ3) is 2.80. The van der Waals surface area contributed by atoms with E-state index in [1.165, 1.54) is 12.1 Å². The third-order valence-electron chi connectivity index (χ3n) is 1.89. The van der Waals surface area contributed by atoms with Crippen LogP contribution >= 0.6 is 0 Å². The molecule has 0 bridgehead atoms. The monoisotopic (exact) mass is 231 g/mol. The van der Waals surface area contributed by atoms with Gasteiger partial charge in [0.1, 0.15) is 5.75 Å². The van der Waals surface area contributed by atoms with Crippen molar-refractivity contribution in [3.8, 4) is 5.75 Å². The Labute approximate surface area is 89.3 Å². The van der Waals surface area contributed by atoms with Crippen molar-refractivity contribution in [3.63, 3.8) is 0 Å². The molecule has 0 atom stereocenters. The molecule has 0 saturated carbocycles. The average molecular weight is 231 g/mol. The fourth-order valence-corrected chi connectivity index (χ4v) is 1.18. The number of rotatable bonds is 3. The SMILES string of the molecule is COc1cc(CN=[N+]=[N-])ccc1C(F)(F)F. The largest absolute Gasteiger partial charge is 0.496 e. The summed E-state index contributed by atoms with van der Waals surface area (Å²) < 4.78 is 42.0. The molecule has 0 spiro atoms. The summed E-state index contributed by atoms with van der Waals surface area (Å²) in [5, 5.41) is 3.25. The molecule has 0 aliphatic heterocycles. The molecule has 0 aromatic heterocycles. The lowest BCUT2D eigenvalue weighted by Gasteiger charge is -2.12. The molecule has 1 aromatic carbocycles. The van der Waals surface area contributed by atoms with Crippen LogP contribution in [0.5, 0.6) is 5.75 Å². The van der Waals surface area contributed by atoms with Crippen molar-refractivity contribution < 1.29 is 17.9 Å². The van der Waals surface area contributed by atoms with Crippen molar-refractivity contribution in [1.82, 2.24) is 0 Å². The van der Waals surface area contributed by atoms with E-state index >= 15 is 0 Å². The Morgan fingerprint density at radius 3 is 2.62 bits per heavy atom. The topological polar surface area (TPSA) is 58.0 Å². The van der Waals surface area contributed by atoms with Gasteiger partial charge in [0.15, 0.2) is 0 Å². The summed E-state index contributed by atoms with van der Waals surface area (Å²) in [6, 6.07) is 3.36. The second-order valence-electron chi connectivity index (χ2n) is 2.92. The minimum atomic E-state index is -4.46. The predicted octanol–water partition coefficient (Wildman–Crippen LogP) is 3.52. The summed E-state index contributed by atoms with van der Waals surface area (Å²) >= 11 is 0. The van der Waals surface area contributed by atoms with Crippen molar-refractivity contribution >= 4 is 0 Å². The molecule has 16 heavy (non-hydrogen) atoms. The molecule has 0 aliphatic rings. The summed E-state index contributed by atoms with van der Waals surface area (Å²) in [5.41, 5.74) is 7.70. The molecule has 0 unspecified atom stereocenters. The van der Waals surface area contributed by atoms with Gasteiger partial charge in [0.2, 0.25) is 0 Å². The Hall–Kier alpha value is -1.88. The Balaban J connectivity index is 3.11. The van der Waals surface area contributed by atoms with Gasteiger partial charge < -0.3 is 4.74 Å². The molecule has 1 aromatic rings. The molecule has 0 saturated heterocycles. The zero-order chi connectivity index (χ0) is 12.2. The predicted molar refractivity (Wildman–Crippen MR) is 50.8 cm³/mol. The average Bonchev–Trinajstić information content (AvgIpc) is 2.24. The van der Waals surface area contributed by atoms with Crippen LogP contribution in [-0.4, -0.2) is 7.11 Å². The highest BCUT2D eigenvalue weighted by atomic mass is 19.4. The highest BCUT2D eigenvalue weighted by molar-refractivity contribution is 5.39. The molecule has 4 nitrogen and oxygen atoms in total. The van der Waals surface area contributed by atoms with Crippen molar-refractivity contribution in [2.45, 2.75) is 12.7 Å². The quantitative estimate of drug-likeness (QED) is 0.446. The van der Waals surface area contributed by atoms with Crippen LogP contribution in [0.25, 0.3) is 10.4 Å². The summed E-state index contributed by atoms with van der Waals surface area (Å²) in [6.45, 7) is -0.00893. The number of alkyl halides is 3. The molecule has 0 N–H and O–H groups in total. The maximum atomic E-state index is 12.5. The molecule has 0 fully saturated rings. The van der Waals surface area contributed by atoms with Gasteiger partial charge in [-0.25, -0.2) is 0 Å². The van der Waals surface area contributed by atoms with E-state index in [0.29, 0.717) is 5.56 Å². The molecule has 0 radical (unpaired) electrons. The highest BCUT2D eigenvalue weighted by Gasteiger charge is 2.34. The minimum Gasteiger partial charge on any atom is -0.496 e. The molecule has 86 valence electrons. The number of ether oxygens (including phenoxy) is 1. The Morgan fingerprint density at radius 1 is 1.44 bits per heavy atom. The first kappa shape index (κ1) is 12.2.